The number of hydrogen-bond acceptors (Lipinski definition) is 6. The third-order valence-corrected chi connectivity index (χ3v) is 6.75. The number of fused-ring (bicyclic) bond motifs is 1. The van der Waals surface area contributed by atoms with Crippen LogP contribution in [0.1, 0.15) is 40.5 Å². The number of hydrogen-bond donors (Lipinski definition) is 1. The van der Waals surface area contributed by atoms with Crippen LogP contribution in [0.3, 0.4) is 0 Å². The van der Waals surface area contributed by atoms with Gasteiger partial charge in [0.05, 0.1) is 29.1 Å². The Morgan fingerprint density at radius 2 is 1.86 bits per heavy atom. The van der Waals surface area contributed by atoms with E-state index in [1.54, 1.807) is 22.4 Å². The van der Waals surface area contributed by atoms with Crippen molar-refractivity contribution in [2.45, 2.75) is 38.7 Å². The third-order valence-electron chi connectivity index (χ3n) is 5.98. The lowest BCUT2D eigenvalue weighted by molar-refractivity contribution is -0.274. The van der Waals surface area contributed by atoms with E-state index < -0.39 is 33.7 Å². The van der Waals surface area contributed by atoms with Crippen LogP contribution in [0.4, 0.5) is 17.6 Å². The molecule has 0 atom stereocenters. The highest BCUT2D eigenvalue weighted by molar-refractivity contribution is 7.89. The van der Waals surface area contributed by atoms with Crippen LogP contribution in [-0.4, -0.2) is 54.7 Å². The number of carbonyl (C=O) groups is 1. The molecule has 37 heavy (non-hydrogen) atoms. The smallest absolute Gasteiger partial charge is 0.406 e. The maximum absolute atomic E-state index is 14.8. The van der Waals surface area contributed by atoms with Gasteiger partial charge in [0, 0.05) is 36.1 Å². The molecule has 14 heteroatoms. The lowest BCUT2D eigenvalue weighted by atomic mass is 10.0. The normalized spacial score (nSPS) is 15.8. The van der Waals surface area contributed by atoms with Crippen LogP contribution >= 0.6 is 11.6 Å². The summed E-state index contributed by atoms with van der Waals surface area (Å²) in [6.07, 6.45) is -2.73. The molecule has 0 bridgehead atoms. The Balaban J connectivity index is 1.48. The number of amides is 1. The molecule has 200 valence electrons. The number of carbonyl (C=O) groups excluding carboxylic acids is 1. The zero-order chi connectivity index (χ0) is 27.1. The number of aryl methyl sites for hydroxylation is 1. The summed E-state index contributed by atoms with van der Waals surface area (Å²) < 4.78 is 82.7. The van der Waals surface area contributed by atoms with Crippen LogP contribution in [0.2, 0.25) is 5.02 Å². The molecule has 1 saturated heterocycles. The fourth-order valence-corrected chi connectivity index (χ4v) is 5.17. The second-order valence-corrected chi connectivity index (χ2v) is 11.1. The van der Waals surface area contributed by atoms with Gasteiger partial charge in [-0.2, -0.15) is 5.10 Å². The van der Waals surface area contributed by atoms with E-state index in [0.29, 0.717) is 54.6 Å². The average molecular weight is 563 g/mol. The molecule has 0 spiro atoms. The zero-order valence-electron chi connectivity index (χ0n) is 19.8. The predicted octanol–water partition coefficient (Wildman–Crippen LogP) is 4.56. The summed E-state index contributed by atoms with van der Waals surface area (Å²) in [7, 11) is -3.86. The number of alkyl halides is 3. The number of nitrogens with zero attached hydrogens (tertiary/aromatic N) is 3. The predicted molar refractivity (Wildman–Crippen MR) is 128 cm³/mol. The monoisotopic (exact) mass is 562 g/mol. The fraction of sp³-hybridized carbons (Fsp3) is 0.391. The van der Waals surface area contributed by atoms with E-state index in [1.165, 1.54) is 18.2 Å². The van der Waals surface area contributed by atoms with Crippen molar-refractivity contribution in [3.8, 4) is 5.75 Å². The van der Waals surface area contributed by atoms with Gasteiger partial charge in [-0.15, -0.1) is 13.2 Å². The van der Waals surface area contributed by atoms with Crippen molar-refractivity contribution in [2.75, 3.05) is 19.3 Å². The molecule has 0 unspecified atom stereocenters. The average Bonchev–Trinajstić information content (AvgIpc) is 3.06. The highest BCUT2D eigenvalue weighted by Gasteiger charge is 2.31. The van der Waals surface area contributed by atoms with E-state index in [9.17, 15) is 30.8 Å². The largest absolute Gasteiger partial charge is 0.573 e. The molecular weight excluding hydrogens is 540 g/mol. The maximum Gasteiger partial charge on any atom is 0.573 e. The van der Waals surface area contributed by atoms with Crippen molar-refractivity contribution < 1.29 is 35.5 Å². The Morgan fingerprint density at radius 1 is 1.19 bits per heavy atom. The lowest BCUT2D eigenvalue weighted by Gasteiger charge is -2.32. The van der Waals surface area contributed by atoms with Crippen molar-refractivity contribution in [1.82, 2.24) is 19.4 Å². The summed E-state index contributed by atoms with van der Waals surface area (Å²) in [6.45, 7) is 3.28. The summed E-state index contributed by atoms with van der Waals surface area (Å²) in [4.78, 5) is 14.3. The van der Waals surface area contributed by atoms with E-state index in [2.05, 4.69) is 14.7 Å². The van der Waals surface area contributed by atoms with Gasteiger partial charge in [-0.25, -0.2) is 17.5 Å². The molecule has 3 aromatic rings. The highest BCUT2D eigenvalue weighted by Crippen LogP contribution is 2.32. The Kier molecular flexibility index (Phi) is 7.41. The first-order valence-electron chi connectivity index (χ1n) is 11.2. The van der Waals surface area contributed by atoms with Gasteiger partial charge in [-0.05, 0) is 49.6 Å². The van der Waals surface area contributed by atoms with Gasteiger partial charge in [0.25, 0.3) is 5.91 Å². The van der Waals surface area contributed by atoms with Crippen molar-refractivity contribution in [3.05, 3.63) is 58.0 Å². The minimum absolute atomic E-state index is 0.0777. The molecule has 2 aromatic carbocycles. The van der Waals surface area contributed by atoms with Gasteiger partial charge in [-0.1, -0.05) is 11.6 Å². The molecule has 1 amide bonds. The second-order valence-electron chi connectivity index (χ2n) is 8.93. The SMILES string of the molecule is Cc1nn(C2CCN(Cc3cc(Cl)cc(OC(F)(F)F)c3)CC2)c2cc(F)c(C(=O)NS(C)(=O)=O)cc12. The van der Waals surface area contributed by atoms with Gasteiger partial charge in [0.15, 0.2) is 0 Å². The topological polar surface area (TPSA) is 93.5 Å². The summed E-state index contributed by atoms with van der Waals surface area (Å²) in [6, 6.07) is 6.38. The molecule has 1 N–H and O–H groups in total. The Bertz CT molecular complexity index is 1450. The number of piperidine rings is 1. The quantitative estimate of drug-likeness (QED) is 0.443. The van der Waals surface area contributed by atoms with E-state index in [0.717, 1.165) is 12.3 Å². The number of nitrogens with one attached hydrogen (secondary N) is 1. The number of sulfonamides is 1. The minimum Gasteiger partial charge on any atom is -0.406 e. The van der Waals surface area contributed by atoms with E-state index >= 15 is 0 Å². The molecule has 0 saturated carbocycles. The first-order chi connectivity index (χ1) is 17.2. The number of halogens is 5. The standard InChI is InChI=1S/C23H23ClF4N4O4S/c1-13-18-10-19(22(33)30-37(2,34)35)20(25)11-21(18)32(29-13)16-3-5-31(6-4-16)12-14-7-15(24)9-17(8-14)36-23(26,27)28/h7-11,16H,3-6,12H2,1-2H3,(H,30,33). The van der Waals surface area contributed by atoms with Crippen molar-refractivity contribution in [3.63, 3.8) is 0 Å². The van der Waals surface area contributed by atoms with Crippen molar-refractivity contribution in [2.24, 2.45) is 0 Å². The van der Waals surface area contributed by atoms with Crippen LogP contribution in [0, 0.1) is 12.7 Å². The maximum atomic E-state index is 14.8. The minimum atomic E-state index is -4.82. The highest BCUT2D eigenvalue weighted by atomic mass is 35.5. The van der Waals surface area contributed by atoms with Gasteiger partial charge in [0.1, 0.15) is 11.6 Å². The summed E-state index contributed by atoms with van der Waals surface area (Å²) in [5.74, 6) is -2.31. The Morgan fingerprint density at radius 3 is 2.49 bits per heavy atom. The summed E-state index contributed by atoms with van der Waals surface area (Å²) >= 11 is 5.97. The Hall–Kier alpha value is -2.90. The van der Waals surface area contributed by atoms with Crippen molar-refractivity contribution in [1.29, 1.82) is 0 Å². The first-order valence-corrected chi connectivity index (χ1v) is 13.4. The summed E-state index contributed by atoms with van der Waals surface area (Å²) in [5.41, 5.74) is 1.22. The van der Waals surface area contributed by atoms with Gasteiger partial charge in [-0.3, -0.25) is 14.4 Å². The van der Waals surface area contributed by atoms with Crippen LogP contribution in [0.25, 0.3) is 10.9 Å². The first kappa shape index (κ1) is 27.1. The van der Waals surface area contributed by atoms with Crippen LogP contribution in [0.15, 0.2) is 30.3 Å². The third kappa shape index (κ3) is 6.70. The molecule has 8 nitrogen and oxygen atoms in total. The Labute approximate surface area is 215 Å². The molecule has 0 radical (unpaired) electrons. The number of likely N-dealkylation sites (tertiary alicyclic amines) is 1. The number of ether oxygens (including phenoxy) is 1. The molecule has 4 rings (SSSR count). The van der Waals surface area contributed by atoms with Gasteiger partial charge < -0.3 is 4.74 Å². The van der Waals surface area contributed by atoms with Crippen molar-refractivity contribution >= 4 is 38.4 Å². The lowest BCUT2D eigenvalue weighted by Crippen LogP contribution is -2.34. The van der Waals surface area contributed by atoms with Crippen LogP contribution in [-0.2, 0) is 16.6 Å². The van der Waals surface area contributed by atoms with Crippen LogP contribution in [0.5, 0.6) is 5.75 Å². The number of aromatic nitrogens is 2. The van der Waals surface area contributed by atoms with Gasteiger partial charge in [0.2, 0.25) is 10.0 Å². The number of rotatable bonds is 6. The zero-order valence-corrected chi connectivity index (χ0v) is 21.3. The van der Waals surface area contributed by atoms with Crippen LogP contribution < -0.4 is 9.46 Å². The number of benzene rings is 2. The fourth-order valence-electron chi connectivity index (χ4n) is 4.47. The van der Waals surface area contributed by atoms with E-state index in [1.807, 2.05) is 0 Å². The van der Waals surface area contributed by atoms with E-state index in [4.69, 9.17) is 11.6 Å². The second kappa shape index (κ2) is 10.1. The summed E-state index contributed by atoms with van der Waals surface area (Å²) in [5, 5.41) is 5.20. The molecule has 1 fully saturated rings. The molecule has 1 aromatic heterocycles. The molecule has 0 aliphatic carbocycles. The molecule has 1 aliphatic heterocycles. The van der Waals surface area contributed by atoms with E-state index in [-0.39, 0.29) is 16.8 Å². The molecular formula is C23H23ClF4N4O4S. The molecule has 1 aliphatic rings. The molecule has 2 heterocycles. The van der Waals surface area contributed by atoms with Gasteiger partial charge >= 0.3 is 6.36 Å².